The predicted molar refractivity (Wildman–Crippen MR) is 72.5 cm³/mol. The molecule has 0 saturated carbocycles. The first-order valence-corrected chi connectivity index (χ1v) is 6.55. The van der Waals surface area contributed by atoms with Crippen molar-refractivity contribution in [2.75, 3.05) is 26.2 Å². The van der Waals surface area contributed by atoms with Crippen LogP contribution in [0.5, 0.6) is 0 Å². The highest BCUT2D eigenvalue weighted by Gasteiger charge is 2.19. The fourth-order valence-corrected chi connectivity index (χ4v) is 1.98. The molecule has 0 aromatic heterocycles. The van der Waals surface area contributed by atoms with E-state index in [4.69, 9.17) is 6.42 Å². The Labute approximate surface area is 102 Å². The number of hydrogen-bond donors (Lipinski definition) is 1. The summed E-state index contributed by atoms with van der Waals surface area (Å²) in [4.78, 5) is 2.42. The summed E-state index contributed by atoms with van der Waals surface area (Å²) in [7, 11) is 0. The minimum absolute atomic E-state index is 0.558. The van der Waals surface area contributed by atoms with Crippen LogP contribution in [-0.4, -0.2) is 37.1 Å². The van der Waals surface area contributed by atoms with Gasteiger partial charge < -0.3 is 5.32 Å². The van der Waals surface area contributed by atoms with Crippen LogP contribution in [0.25, 0.3) is 0 Å². The summed E-state index contributed by atoms with van der Waals surface area (Å²) in [6.07, 6.45) is 7.79. The highest BCUT2D eigenvalue weighted by molar-refractivity contribution is 4.91. The van der Waals surface area contributed by atoms with Crippen LogP contribution in [0, 0.1) is 18.3 Å². The fraction of sp³-hybridized carbons (Fsp3) is 0.857. The Bertz CT molecular complexity index is 193. The van der Waals surface area contributed by atoms with Crippen molar-refractivity contribution < 1.29 is 0 Å². The Morgan fingerprint density at radius 2 is 1.94 bits per heavy atom. The van der Waals surface area contributed by atoms with Crippen LogP contribution in [0.4, 0.5) is 0 Å². The average Bonchev–Trinajstić information content (AvgIpc) is 2.24. The van der Waals surface area contributed by atoms with Crippen molar-refractivity contribution in [1.82, 2.24) is 10.2 Å². The standard InChI is InChI=1S/C14H28N2/c1-6-9-15-12-14(13(4)5)16(10-7-2)11-8-3/h2,13-15H,6,8-12H2,1,3-5H3. The monoisotopic (exact) mass is 224 g/mol. The molecule has 2 nitrogen and oxygen atoms in total. The lowest BCUT2D eigenvalue weighted by Crippen LogP contribution is -2.46. The molecule has 16 heavy (non-hydrogen) atoms. The molecule has 1 N–H and O–H groups in total. The minimum Gasteiger partial charge on any atom is -0.315 e. The summed E-state index contributed by atoms with van der Waals surface area (Å²) in [6, 6.07) is 0.558. The Kier molecular flexibility index (Phi) is 9.37. The summed E-state index contributed by atoms with van der Waals surface area (Å²) < 4.78 is 0. The topological polar surface area (TPSA) is 15.3 Å². The maximum atomic E-state index is 5.44. The lowest BCUT2D eigenvalue weighted by atomic mass is 10.0. The van der Waals surface area contributed by atoms with Crippen LogP contribution in [0.3, 0.4) is 0 Å². The summed E-state index contributed by atoms with van der Waals surface area (Å²) in [5.41, 5.74) is 0. The van der Waals surface area contributed by atoms with E-state index in [0.717, 1.165) is 26.2 Å². The van der Waals surface area contributed by atoms with Gasteiger partial charge in [0.2, 0.25) is 0 Å². The van der Waals surface area contributed by atoms with Gasteiger partial charge in [-0.25, -0.2) is 0 Å². The van der Waals surface area contributed by atoms with Gasteiger partial charge in [0.15, 0.2) is 0 Å². The third-order valence-corrected chi connectivity index (χ3v) is 2.82. The smallest absolute Gasteiger partial charge is 0.0601 e. The van der Waals surface area contributed by atoms with Crippen LogP contribution in [0.1, 0.15) is 40.5 Å². The molecule has 0 aliphatic rings. The molecule has 0 bridgehead atoms. The Hall–Kier alpha value is -0.520. The van der Waals surface area contributed by atoms with Gasteiger partial charge in [-0.05, 0) is 31.8 Å². The quantitative estimate of drug-likeness (QED) is 0.478. The first kappa shape index (κ1) is 15.5. The molecule has 0 aromatic rings. The van der Waals surface area contributed by atoms with Gasteiger partial charge in [0.05, 0.1) is 6.54 Å². The summed E-state index contributed by atoms with van der Waals surface area (Å²) in [5.74, 6) is 3.42. The van der Waals surface area contributed by atoms with Gasteiger partial charge in [-0.15, -0.1) is 6.42 Å². The molecule has 94 valence electrons. The van der Waals surface area contributed by atoms with Gasteiger partial charge >= 0.3 is 0 Å². The molecule has 0 radical (unpaired) electrons. The molecule has 1 atom stereocenters. The van der Waals surface area contributed by atoms with Crippen molar-refractivity contribution >= 4 is 0 Å². The van der Waals surface area contributed by atoms with E-state index in [1.807, 2.05) is 0 Å². The maximum absolute atomic E-state index is 5.44. The molecule has 0 fully saturated rings. The average molecular weight is 224 g/mol. The van der Waals surface area contributed by atoms with E-state index in [-0.39, 0.29) is 0 Å². The van der Waals surface area contributed by atoms with Crippen LogP contribution >= 0.6 is 0 Å². The second-order valence-corrected chi connectivity index (χ2v) is 4.69. The summed E-state index contributed by atoms with van der Waals surface area (Å²) in [6.45, 7) is 13.0. The Balaban J connectivity index is 4.27. The zero-order valence-electron chi connectivity index (χ0n) is 11.4. The van der Waals surface area contributed by atoms with Crippen molar-refractivity contribution in [2.24, 2.45) is 5.92 Å². The highest BCUT2D eigenvalue weighted by Crippen LogP contribution is 2.10. The second-order valence-electron chi connectivity index (χ2n) is 4.69. The van der Waals surface area contributed by atoms with E-state index >= 15 is 0 Å². The molecule has 0 aromatic carbocycles. The van der Waals surface area contributed by atoms with Crippen molar-refractivity contribution in [3.05, 3.63) is 0 Å². The van der Waals surface area contributed by atoms with E-state index in [1.54, 1.807) is 0 Å². The number of terminal acetylenes is 1. The van der Waals surface area contributed by atoms with Gasteiger partial charge in [-0.1, -0.05) is 33.6 Å². The molecular formula is C14H28N2. The zero-order valence-corrected chi connectivity index (χ0v) is 11.4. The van der Waals surface area contributed by atoms with E-state index in [2.05, 4.69) is 43.8 Å². The Morgan fingerprint density at radius 1 is 1.25 bits per heavy atom. The van der Waals surface area contributed by atoms with Gasteiger partial charge in [0, 0.05) is 12.6 Å². The third-order valence-electron chi connectivity index (χ3n) is 2.82. The van der Waals surface area contributed by atoms with E-state index in [1.165, 1.54) is 12.8 Å². The molecular weight excluding hydrogens is 196 g/mol. The minimum atomic E-state index is 0.558. The van der Waals surface area contributed by atoms with Crippen molar-refractivity contribution in [3.63, 3.8) is 0 Å². The summed E-state index contributed by atoms with van der Waals surface area (Å²) >= 11 is 0. The molecule has 0 heterocycles. The van der Waals surface area contributed by atoms with Crippen molar-refractivity contribution in [1.29, 1.82) is 0 Å². The largest absolute Gasteiger partial charge is 0.315 e. The third kappa shape index (κ3) is 6.15. The lowest BCUT2D eigenvalue weighted by molar-refractivity contribution is 0.170. The molecule has 0 rings (SSSR count). The van der Waals surface area contributed by atoms with Crippen LogP contribution in [-0.2, 0) is 0 Å². The van der Waals surface area contributed by atoms with Gasteiger partial charge in [0.1, 0.15) is 0 Å². The summed E-state index contributed by atoms with van der Waals surface area (Å²) in [5, 5.41) is 3.50. The van der Waals surface area contributed by atoms with Crippen molar-refractivity contribution in [3.8, 4) is 12.3 Å². The maximum Gasteiger partial charge on any atom is 0.0601 e. The first-order valence-electron chi connectivity index (χ1n) is 6.55. The van der Waals surface area contributed by atoms with Gasteiger partial charge in [0.25, 0.3) is 0 Å². The molecule has 0 amide bonds. The zero-order chi connectivity index (χ0) is 12.4. The fourth-order valence-electron chi connectivity index (χ4n) is 1.98. The van der Waals surface area contributed by atoms with Crippen LogP contribution in [0.15, 0.2) is 0 Å². The van der Waals surface area contributed by atoms with E-state index in [0.29, 0.717) is 12.0 Å². The first-order chi connectivity index (χ1) is 7.67. The van der Waals surface area contributed by atoms with E-state index in [9.17, 15) is 0 Å². The molecule has 0 saturated heterocycles. The number of nitrogens with one attached hydrogen (secondary N) is 1. The molecule has 1 unspecified atom stereocenters. The Morgan fingerprint density at radius 3 is 2.38 bits per heavy atom. The molecule has 2 heteroatoms. The normalized spacial score (nSPS) is 13.1. The SMILES string of the molecule is C#CCN(CCC)C(CNCCC)C(C)C. The van der Waals surface area contributed by atoms with Gasteiger partial charge in [-0.2, -0.15) is 0 Å². The van der Waals surface area contributed by atoms with Crippen LogP contribution in [0.2, 0.25) is 0 Å². The number of hydrogen-bond acceptors (Lipinski definition) is 2. The highest BCUT2D eigenvalue weighted by atomic mass is 15.2. The predicted octanol–water partition coefficient (Wildman–Crippen LogP) is 2.36. The van der Waals surface area contributed by atoms with Crippen molar-refractivity contribution in [2.45, 2.75) is 46.6 Å². The molecule has 0 aliphatic carbocycles. The second kappa shape index (κ2) is 9.69. The number of nitrogens with zero attached hydrogens (tertiary/aromatic N) is 1. The molecule has 0 aliphatic heterocycles. The number of rotatable bonds is 9. The lowest BCUT2D eigenvalue weighted by Gasteiger charge is -2.33. The molecule has 0 spiro atoms. The van der Waals surface area contributed by atoms with E-state index < -0.39 is 0 Å². The van der Waals surface area contributed by atoms with Crippen LogP contribution < -0.4 is 5.32 Å². The van der Waals surface area contributed by atoms with Gasteiger partial charge in [-0.3, -0.25) is 4.90 Å².